The molecule has 46 heavy (non-hydrogen) atoms. The van der Waals surface area contributed by atoms with Crippen LogP contribution in [0.3, 0.4) is 0 Å². The number of amides is 2. The molecule has 11 heteroatoms. The van der Waals surface area contributed by atoms with Crippen molar-refractivity contribution in [2.24, 2.45) is 23.7 Å². The van der Waals surface area contributed by atoms with E-state index in [4.69, 9.17) is 32.7 Å². The van der Waals surface area contributed by atoms with Crippen LogP contribution in [0.25, 0.3) is 10.9 Å². The van der Waals surface area contributed by atoms with Gasteiger partial charge in [0.25, 0.3) is 0 Å². The monoisotopic (exact) mass is 667 g/mol. The van der Waals surface area contributed by atoms with Crippen molar-refractivity contribution in [2.45, 2.75) is 82.1 Å². The van der Waals surface area contributed by atoms with Crippen molar-refractivity contribution in [3.8, 4) is 5.75 Å². The molecule has 0 spiro atoms. The van der Waals surface area contributed by atoms with Crippen LogP contribution >= 0.6 is 23.2 Å². The highest BCUT2D eigenvalue weighted by atomic mass is 35.5. The number of rotatable bonds is 8. The first-order valence-electron chi connectivity index (χ1n) is 16.3. The molecule has 3 atom stereocenters. The van der Waals surface area contributed by atoms with Crippen molar-refractivity contribution in [2.75, 3.05) is 6.54 Å². The van der Waals surface area contributed by atoms with Crippen molar-refractivity contribution >= 4 is 52.1 Å². The average Bonchev–Trinajstić information content (AvgIpc) is 3.41. The number of H-pyrrole nitrogens is 1. The number of alkyl carbamates (subject to hydrolysis) is 1. The molecule has 1 saturated heterocycles. The number of hydrogen-bond donors (Lipinski definition) is 3. The topological polar surface area (TPSA) is 121 Å². The molecule has 4 bridgehead atoms. The fraction of sp³-hybridized carbons (Fsp3) is 0.514. The van der Waals surface area contributed by atoms with E-state index in [1.54, 1.807) is 25.1 Å². The van der Waals surface area contributed by atoms with Gasteiger partial charge >= 0.3 is 12.1 Å². The Morgan fingerprint density at radius 1 is 1.02 bits per heavy atom. The summed E-state index contributed by atoms with van der Waals surface area (Å²) in [6, 6.07) is 11.5. The number of para-hydroxylation sites is 1. The quantitative estimate of drug-likeness (QED) is 0.242. The van der Waals surface area contributed by atoms with Gasteiger partial charge < -0.3 is 29.8 Å². The van der Waals surface area contributed by atoms with Crippen molar-refractivity contribution in [3.63, 3.8) is 0 Å². The first-order chi connectivity index (χ1) is 22.1. The van der Waals surface area contributed by atoms with Gasteiger partial charge in [-0.2, -0.15) is 0 Å². The van der Waals surface area contributed by atoms with Crippen LogP contribution in [0.1, 0.15) is 57.4 Å². The molecule has 2 heterocycles. The molecule has 0 unspecified atom stereocenters. The summed E-state index contributed by atoms with van der Waals surface area (Å²) < 4.78 is 12.2. The molecule has 3 N–H and O–H groups in total. The number of piperidine rings is 1. The van der Waals surface area contributed by atoms with Gasteiger partial charge in [0.05, 0.1) is 5.02 Å². The first-order valence-corrected chi connectivity index (χ1v) is 17.0. The summed E-state index contributed by atoms with van der Waals surface area (Å²) in [5, 5.41) is 15.0. The number of ether oxygens (including phenoxy) is 2. The summed E-state index contributed by atoms with van der Waals surface area (Å²) in [4.78, 5) is 45.4. The van der Waals surface area contributed by atoms with E-state index < -0.39 is 35.7 Å². The molecule has 8 rings (SSSR count). The van der Waals surface area contributed by atoms with E-state index >= 15 is 0 Å². The van der Waals surface area contributed by atoms with E-state index in [1.807, 2.05) is 30.5 Å². The van der Waals surface area contributed by atoms with Gasteiger partial charge in [-0.25, -0.2) is 9.59 Å². The predicted octanol–water partition coefficient (Wildman–Crippen LogP) is 6.85. The fourth-order valence-corrected chi connectivity index (χ4v) is 9.32. The SMILES string of the molecule is C[C@](Cc1c[nH]c2ccccc12)(NC(=O)OC1C2CC3CC(C2)CC1C3)C(=O)N1CC[C@H](Oc2ccc(Cl)cc2Cl)C[C@@H]1C(=O)O. The molecule has 2 amide bonds. The number of benzene rings is 2. The maximum atomic E-state index is 14.5. The molecule has 1 aromatic heterocycles. The molecule has 4 saturated carbocycles. The predicted molar refractivity (Wildman–Crippen MR) is 174 cm³/mol. The lowest BCUT2D eigenvalue weighted by Gasteiger charge is -2.53. The van der Waals surface area contributed by atoms with Crippen LogP contribution in [0.5, 0.6) is 5.75 Å². The van der Waals surface area contributed by atoms with Crippen LogP contribution in [0, 0.1) is 23.7 Å². The number of halogens is 2. The summed E-state index contributed by atoms with van der Waals surface area (Å²) in [5.41, 5.74) is 0.268. The van der Waals surface area contributed by atoms with Gasteiger partial charge in [-0.15, -0.1) is 0 Å². The van der Waals surface area contributed by atoms with E-state index in [0.717, 1.165) is 54.0 Å². The third-order valence-electron chi connectivity index (χ3n) is 10.7. The van der Waals surface area contributed by atoms with Crippen molar-refractivity contribution in [3.05, 3.63) is 64.3 Å². The third-order valence-corrected chi connectivity index (χ3v) is 11.3. The molecule has 1 aliphatic heterocycles. The average molecular weight is 669 g/mol. The number of carboxylic acids is 1. The second-order valence-corrected chi connectivity index (χ2v) is 14.8. The molecule has 3 aromatic rings. The third kappa shape index (κ3) is 6.04. The largest absolute Gasteiger partial charge is 0.489 e. The van der Waals surface area contributed by atoms with Gasteiger partial charge in [0.15, 0.2) is 0 Å². The van der Waals surface area contributed by atoms with Crippen molar-refractivity contribution in [1.29, 1.82) is 0 Å². The number of hydrogen-bond acceptors (Lipinski definition) is 5. The zero-order valence-corrected chi connectivity index (χ0v) is 27.2. The molecule has 0 radical (unpaired) electrons. The normalized spacial score (nSPS) is 29.7. The lowest BCUT2D eigenvalue weighted by molar-refractivity contribution is -0.157. The minimum absolute atomic E-state index is 0.0570. The summed E-state index contributed by atoms with van der Waals surface area (Å²) in [6.45, 7) is 1.80. The highest BCUT2D eigenvalue weighted by Gasteiger charge is 2.51. The molecule has 2 aromatic carbocycles. The van der Waals surface area contributed by atoms with Gasteiger partial charge in [-0.1, -0.05) is 41.4 Å². The van der Waals surface area contributed by atoms with E-state index in [1.165, 1.54) is 11.3 Å². The zero-order chi connectivity index (χ0) is 32.2. The highest BCUT2D eigenvalue weighted by molar-refractivity contribution is 6.35. The molecule has 244 valence electrons. The number of fused-ring (bicyclic) bond motifs is 1. The summed E-state index contributed by atoms with van der Waals surface area (Å²) in [7, 11) is 0. The van der Waals surface area contributed by atoms with E-state index in [-0.39, 0.29) is 25.5 Å². The molecular formula is C35H39Cl2N3O6. The Balaban J connectivity index is 1.12. The van der Waals surface area contributed by atoms with E-state index in [2.05, 4.69) is 10.3 Å². The lowest BCUT2D eigenvalue weighted by Crippen LogP contribution is -2.64. The maximum absolute atomic E-state index is 14.5. The number of nitrogens with one attached hydrogen (secondary N) is 2. The van der Waals surface area contributed by atoms with Gasteiger partial charge in [0.2, 0.25) is 5.91 Å². The Morgan fingerprint density at radius 2 is 1.74 bits per heavy atom. The standard InChI is InChI=1S/C35H39Cl2N3O6/c1-35(17-23-18-38-28-5-3-2-4-26(23)28,39-34(44)46-31-21-11-19-10-20(13-21)14-22(31)12-19)33(43)40-9-8-25(16-29(40)32(41)42)45-30-7-6-24(36)15-27(30)37/h2-7,15,18-22,25,29,31,38H,8-14,16-17H2,1H3,(H,39,44)(H,41,42)/t19?,20?,21?,22?,25-,29+,31?,35+/m0/s1. The number of aromatic amines is 1. The second-order valence-electron chi connectivity index (χ2n) is 14.0. The number of aromatic nitrogens is 1. The Bertz CT molecular complexity index is 1630. The van der Waals surface area contributed by atoms with Crippen LogP contribution in [-0.4, -0.2) is 63.3 Å². The number of carbonyl (C=O) groups excluding carboxylic acids is 2. The number of aliphatic carboxylic acids is 1. The number of carboxylic acid groups (broad SMARTS) is 1. The number of nitrogens with zero attached hydrogens (tertiary/aromatic N) is 1. The smallest absolute Gasteiger partial charge is 0.408 e. The minimum atomic E-state index is -1.48. The van der Waals surface area contributed by atoms with Crippen LogP contribution in [0.2, 0.25) is 10.0 Å². The Hall–Kier alpha value is -3.43. The van der Waals surface area contributed by atoms with Gasteiger partial charge in [-0.05, 0) is 92.5 Å². The highest BCUT2D eigenvalue weighted by Crippen LogP contribution is 2.54. The van der Waals surface area contributed by atoms with Crippen LogP contribution in [0.15, 0.2) is 48.7 Å². The van der Waals surface area contributed by atoms with Gasteiger partial charge in [0, 0.05) is 47.9 Å². The van der Waals surface area contributed by atoms with Gasteiger partial charge in [-0.3, -0.25) is 4.79 Å². The van der Waals surface area contributed by atoms with Crippen LogP contribution in [0.4, 0.5) is 4.79 Å². The number of likely N-dealkylation sites (tertiary alicyclic amines) is 1. The molecule has 5 fully saturated rings. The Kier molecular flexibility index (Phi) is 8.34. The van der Waals surface area contributed by atoms with Crippen molar-refractivity contribution in [1.82, 2.24) is 15.2 Å². The molecule has 5 aliphatic rings. The lowest BCUT2D eigenvalue weighted by atomic mass is 9.55. The second kappa shape index (κ2) is 12.3. The zero-order valence-electron chi connectivity index (χ0n) is 25.7. The van der Waals surface area contributed by atoms with E-state index in [0.29, 0.717) is 34.1 Å². The van der Waals surface area contributed by atoms with E-state index in [9.17, 15) is 19.5 Å². The summed E-state index contributed by atoms with van der Waals surface area (Å²) >= 11 is 12.3. The van der Waals surface area contributed by atoms with Crippen LogP contribution in [-0.2, 0) is 20.7 Å². The van der Waals surface area contributed by atoms with Crippen molar-refractivity contribution < 1.29 is 29.0 Å². The Morgan fingerprint density at radius 3 is 2.43 bits per heavy atom. The maximum Gasteiger partial charge on any atom is 0.408 e. The fourth-order valence-electron chi connectivity index (χ4n) is 8.86. The summed E-state index contributed by atoms with van der Waals surface area (Å²) in [6.07, 6.45) is 6.82. The minimum Gasteiger partial charge on any atom is -0.489 e. The summed E-state index contributed by atoms with van der Waals surface area (Å²) in [5.74, 6) is 0.969. The van der Waals surface area contributed by atoms with Crippen LogP contribution < -0.4 is 10.1 Å². The van der Waals surface area contributed by atoms with Gasteiger partial charge in [0.1, 0.15) is 29.5 Å². The molecule has 4 aliphatic carbocycles. The number of carbonyl (C=O) groups is 3. The molecule has 9 nitrogen and oxygen atoms in total. The molecular weight excluding hydrogens is 629 g/mol. The first kappa shape index (κ1) is 31.2. The Labute approximate surface area is 277 Å².